The summed E-state index contributed by atoms with van der Waals surface area (Å²) in [5, 5.41) is 0.841. The molecule has 0 radical (unpaired) electrons. The molecular formula is C13H16ClIN+. The van der Waals surface area contributed by atoms with Gasteiger partial charge in [-0.15, -0.1) is 6.42 Å². The van der Waals surface area contributed by atoms with E-state index < -0.39 is 0 Å². The molecule has 0 spiro atoms. The van der Waals surface area contributed by atoms with Crippen molar-refractivity contribution in [3.63, 3.8) is 0 Å². The van der Waals surface area contributed by atoms with Crippen LogP contribution in [0.2, 0.25) is 5.02 Å². The molecule has 0 N–H and O–H groups in total. The third kappa shape index (κ3) is 3.65. The molecule has 3 heteroatoms. The maximum atomic E-state index is 6.12. The smallest absolute Gasteiger partial charge is 0.200 e. The van der Waals surface area contributed by atoms with Gasteiger partial charge in [-0.3, -0.25) is 0 Å². The van der Waals surface area contributed by atoms with Gasteiger partial charge in [0.25, 0.3) is 0 Å². The SMILES string of the molecule is C#CC(I)[N+](C)(C)CCc1ccccc1Cl. The number of halogens is 2. The first-order valence-corrected chi connectivity index (χ1v) is 6.76. The predicted molar refractivity (Wildman–Crippen MR) is 78.8 cm³/mol. The van der Waals surface area contributed by atoms with E-state index in [1.807, 2.05) is 18.2 Å². The highest BCUT2D eigenvalue weighted by Gasteiger charge is 2.23. The molecule has 0 amide bonds. The Morgan fingerprint density at radius 3 is 2.62 bits per heavy atom. The van der Waals surface area contributed by atoms with Gasteiger partial charge in [-0.2, -0.15) is 0 Å². The van der Waals surface area contributed by atoms with E-state index in [2.05, 4.69) is 48.7 Å². The highest BCUT2D eigenvalue weighted by atomic mass is 127. The Balaban J connectivity index is 2.65. The van der Waals surface area contributed by atoms with Gasteiger partial charge < -0.3 is 4.48 Å². The van der Waals surface area contributed by atoms with Crippen molar-refractivity contribution in [3.8, 4) is 12.3 Å². The molecule has 0 aliphatic heterocycles. The van der Waals surface area contributed by atoms with Crippen LogP contribution in [0.1, 0.15) is 5.56 Å². The minimum Gasteiger partial charge on any atom is -0.307 e. The molecule has 1 rings (SSSR count). The molecule has 1 aromatic carbocycles. The number of hydrogen-bond donors (Lipinski definition) is 0. The van der Waals surface area contributed by atoms with Gasteiger partial charge in [-0.05, 0) is 17.6 Å². The Bertz CT molecular complexity index is 395. The molecule has 16 heavy (non-hydrogen) atoms. The van der Waals surface area contributed by atoms with Crippen molar-refractivity contribution in [2.75, 3.05) is 20.6 Å². The van der Waals surface area contributed by atoms with Gasteiger partial charge in [0.15, 0.2) is 4.05 Å². The second-order valence-electron chi connectivity index (χ2n) is 4.35. The fourth-order valence-corrected chi connectivity index (χ4v) is 1.93. The van der Waals surface area contributed by atoms with Crippen molar-refractivity contribution in [3.05, 3.63) is 34.9 Å². The summed E-state index contributed by atoms with van der Waals surface area (Å²) in [6, 6.07) is 7.97. The van der Waals surface area contributed by atoms with Gasteiger partial charge in [-0.25, -0.2) is 0 Å². The standard InChI is InChI=1S/C13H16ClIN/c1-4-13(15)16(2,3)10-9-11-7-5-6-8-12(11)14/h1,5-8,13H,9-10H2,2-3H3/q+1. The van der Waals surface area contributed by atoms with Crippen LogP contribution >= 0.6 is 34.2 Å². The maximum Gasteiger partial charge on any atom is 0.200 e. The number of likely N-dealkylation sites (N-methyl/N-ethyl adjacent to an activating group) is 1. The number of benzene rings is 1. The number of alkyl halides is 1. The average Bonchev–Trinajstić information content (AvgIpc) is 2.27. The van der Waals surface area contributed by atoms with Gasteiger partial charge in [0.2, 0.25) is 0 Å². The van der Waals surface area contributed by atoms with Crippen LogP contribution in [0.3, 0.4) is 0 Å². The summed E-state index contributed by atoms with van der Waals surface area (Å²) in [4.78, 5) is 0. The summed E-state index contributed by atoms with van der Waals surface area (Å²) in [6.07, 6.45) is 6.41. The predicted octanol–water partition coefficient (Wildman–Crippen LogP) is 3.35. The van der Waals surface area contributed by atoms with Crippen LogP contribution in [-0.2, 0) is 6.42 Å². The molecule has 0 heterocycles. The summed E-state index contributed by atoms with van der Waals surface area (Å²) in [5.74, 6) is 2.78. The summed E-state index contributed by atoms with van der Waals surface area (Å²) in [6.45, 7) is 0.988. The third-order valence-electron chi connectivity index (χ3n) is 2.67. The first-order valence-electron chi connectivity index (χ1n) is 5.13. The molecule has 0 aromatic heterocycles. The number of nitrogens with zero attached hydrogens (tertiary/aromatic N) is 1. The lowest BCUT2D eigenvalue weighted by Gasteiger charge is -2.32. The minimum absolute atomic E-state index is 0.195. The van der Waals surface area contributed by atoms with Gasteiger partial charge in [0.05, 0.1) is 20.6 Å². The van der Waals surface area contributed by atoms with Crippen LogP contribution in [0.5, 0.6) is 0 Å². The number of terminal acetylenes is 1. The quantitative estimate of drug-likeness (QED) is 0.257. The van der Waals surface area contributed by atoms with Crippen molar-refractivity contribution in [2.24, 2.45) is 0 Å². The molecule has 0 bridgehead atoms. The van der Waals surface area contributed by atoms with Crippen LogP contribution in [-0.4, -0.2) is 29.2 Å². The zero-order valence-corrected chi connectivity index (χ0v) is 12.5. The summed E-state index contributed by atoms with van der Waals surface area (Å²) in [5.41, 5.74) is 1.19. The lowest BCUT2D eigenvalue weighted by atomic mass is 10.1. The minimum atomic E-state index is 0.195. The Morgan fingerprint density at radius 2 is 2.06 bits per heavy atom. The van der Waals surface area contributed by atoms with E-state index in [-0.39, 0.29) is 4.05 Å². The molecule has 1 aromatic rings. The molecule has 1 atom stereocenters. The average molecular weight is 349 g/mol. The molecular weight excluding hydrogens is 333 g/mol. The van der Waals surface area contributed by atoms with Gasteiger partial charge >= 0.3 is 0 Å². The Hall–Kier alpha value is -0.240. The summed E-state index contributed by atoms with van der Waals surface area (Å²) < 4.78 is 1.00. The Kier molecular flexibility index (Phi) is 5.10. The van der Waals surface area contributed by atoms with E-state index in [4.69, 9.17) is 18.0 Å². The maximum absolute atomic E-state index is 6.12. The molecule has 0 fully saturated rings. The summed E-state index contributed by atoms with van der Waals surface area (Å²) >= 11 is 8.42. The highest BCUT2D eigenvalue weighted by molar-refractivity contribution is 14.1. The monoisotopic (exact) mass is 348 g/mol. The fraction of sp³-hybridized carbons (Fsp3) is 0.385. The molecule has 86 valence electrons. The first kappa shape index (κ1) is 13.8. The molecule has 0 saturated heterocycles. The molecule has 0 saturated carbocycles. The van der Waals surface area contributed by atoms with Crippen LogP contribution in [0.4, 0.5) is 0 Å². The normalized spacial score (nSPS) is 13.2. The highest BCUT2D eigenvalue weighted by Crippen LogP contribution is 2.19. The van der Waals surface area contributed by atoms with Crippen LogP contribution in [0, 0.1) is 12.3 Å². The second kappa shape index (κ2) is 5.90. The van der Waals surface area contributed by atoms with Crippen LogP contribution < -0.4 is 0 Å². The molecule has 0 aliphatic rings. The zero-order valence-electron chi connectivity index (χ0n) is 9.58. The van der Waals surface area contributed by atoms with E-state index in [1.54, 1.807) is 0 Å². The number of rotatable bonds is 4. The second-order valence-corrected chi connectivity index (χ2v) is 5.93. The molecule has 1 unspecified atom stereocenters. The van der Waals surface area contributed by atoms with Crippen LogP contribution in [0.15, 0.2) is 24.3 Å². The van der Waals surface area contributed by atoms with E-state index in [1.165, 1.54) is 5.56 Å². The Morgan fingerprint density at radius 1 is 1.44 bits per heavy atom. The summed E-state index contributed by atoms with van der Waals surface area (Å²) in [7, 11) is 4.29. The van der Waals surface area contributed by atoms with Gasteiger partial charge in [0.1, 0.15) is 0 Å². The number of hydrogen-bond acceptors (Lipinski definition) is 0. The number of quaternary nitrogens is 1. The lowest BCUT2D eigenvalue weighted by molar-refractivity contribution is -0.888. The Labute approximate surface area is 117 Å². The van der Waals surface area contributed by atoms with Crippen molar-refractivity contribution in [1.29, 1.82) is 0 Å². The zero-order chi connectivity index (χ0) is 12.2. The van der Waals surface area contributed by atoms with Crippen molar-refractivity contribution >= 4 is 34.2 Å². The van der Waals surface area contributed by atoms with E-state index in [9.17, 15) is 0 Å². The van der Waals surface area contributed by atoms with Crippen molar-refractivity contribution in [1.82, 2.24) is 0 Å². The van der Waals surface area contributed by atoms with Gasteiger partial charge in [-0.1, -0.05) is 29.8 Å². The van der Waals surface area contributed by atoms with Crippen molar-refractivity contribution < 1.29 is 4.48 Å². The van der Waals surface area contributed by atoms with Gasteiger partial charge in [0, 0.05) is 34.0 Å². The van der Waals surface area contributed by atoms with E-state index in [0.29, 0.717) is 0 Å². The lowest BCUT2D eigenvalue weighted by Crippen LogP contribution is -2.46. The van der Waals surface area contributed by atoms with E-state index in [0.717, 1.165) is 22.5 Å². The largest absolute Gasteiger partial charge is 0.307 e. The first-order chi connectivity index (χ1) is 7.47. The van der Waals surface area contributed by atoms with E-state index >= 15 is 0 Å². The third-order valence-corrected chi connectivity index (χ3v) is 4.90. The topological polar surface area (TPSA) is 0 Å². The molecule has 1 nitrogen and oxygen atoms in total. The fourth-order valence-electron chi connectivity index (χ4n) is 1.42. The van der Waals surface area contributed by atoms with Crippen LogP contribution in [0.25, 0.3) is 0 Å². The van der Waals surface area contributed by atoms with Crippen molar-refractivity contribution in [2.45, 2.75) is 10.5 Å². The molecule has 0 aliphatic carbocycles.